The first-order chi connectivity index (χ1) is 9.02. The predicted molar refractivity (Wildman–Crippen MR) is 74.4 cm³/mol. The van der Waals surface area contributed by atoms with Crippen molar-refractivity contribution in [3.8, 4) is 0 Å². The lowest BCUT2D eigenvalue weighted by Crippen LogP contribution is -2.29. The van der Waals surface area contributed by atoms with Crippen LogP contribution in [0, 0.1) is 0 Å². The summed E-state index contributed by atoms with van der Waals surface area (Å²) >= 11 is 0. The Morgan fingerprint density at radius 3 is 2.42 bits per heavy atom. The van der Waals surface area contributed by atoms with Crippen molar-refractivity contribution in [2.24, 2.45) is 0 Å². The third-order valence-electron chi connectivity index (χ3n) is 2.68. The second-order valence-electron chi connectivity index (χ2n) is 4.49. The Kier molecular flexibility index (Phi) is 5.85. The third-order valence-corrected chi connectivity index (χ3v) is 2.68. The van der Waals surface area contributed by atoms with E-state index in [1.54, 1.807) is 12.1 Å². The Bertz CT molecular complexity index is 429. The van der Waals surface area contributed by atoms with Crippen molar-refractivity contribution in [3.63, 3.8) is 0 Å². The van der Waals surface area contributed by atoms with Crippen LogP contribution in [0.1, 0.15) is 37.0 Å². The lowest BCUT2D eigenvalue weighted by molar-refractivity contribution is -0.135. The number of aliphatic carboxylic acids is 1. The molecule has 0 saturated carbocycles. The largest absolute Gasteiger partial charge is 0.480 e. The van der Waals surface area contributed by atoms with Crippen LogP contribution in [0.5, 0.6) is 0 Å². The monoisotopic (exact) mass is 264 g/mol. The molecule has 19 heavy (non-hydrogen) atoms. The molecule has 5 nitrogen and oxygen atoms in total. The number of anilines is 1. The molecule has 104 valence electrons. The molecule has 3 N–H and O–H groups in total. The highest BCUT2D eigenvalue weighted by atomic mass is 16.4. The first-order valence-electron chi connectivity index (χ1n) is 6.39. The van der Waals surface area contributed by atoms with Gasteiger partial charge in [-0.25, -0.2) is 0 Å². The Morgan fingerprint density at radius 2 is 1.89 bits per heavy atom. The van der Waals surface area contributed by atoms with Crippen LogP contribution in [-0.2, 0) is 4.79 Å². The summed E-state index contributed by atoms with van der Waals surface area (Å²) in [4.78, 5) is 21.9. The highest BCUT2D eigenvalue weighted by Gasteiger charge is 2.07. The van der Waals surface area contributed by atoms with E-state index < -0.39 is 5.97 Å². The van der Waals surface area contributed by atoms with Gasteiger partial charge in [0.2, 0.25) is 0 Å². The molecule has 1 aromatic carbocycles. The maximum Gasteiger partial charge on any atom is 0.322 e. The number of carbonyl (C=O) groups excluding carboxylic acids is 1. The number of benzene rings is 1. The second-order valence-corrected chi connectivity index (χ2v) is 4.49. The van der Waals surface area contributed by atoms with Gasteiger partial charge in [-0.05, 0) is 37.6 Å². The van der Waals surface area contributed by atoms with Crippen molar-refractivity contribution >= 4 is 17.6 Å². The van der Waals surface area contributed by atoms with E-state index >= 15 is 0 Å². The van der Waals surface area contributed by atoms with Gasteiger partial charge < -0.3 is 15.7 Å². The fourth-order valence-corrected chi connectivity index (χ4v) is 1.77. The first kappa shape index (κ1) is 15.0. The molecule has 1 atom stereocenters. The van der Waals surface area contributed by atoms with Gasteiger partial charge in [-0.3, -0.25) is 9.59 Å². The Labute approximate surface area is 113 Å². The lowest BCUT2D eigenvalue weighted by Gasteiger charge is -2.14. The van der Waals surface area contributed by atoms with E-state index in [4.69, 9.17) is 5.11 Å². The number of rotatable bonds is 7. The minimum absolute atomic E-state index is 0.369. The summed E-state index contributed by atoms with van der Waals surface area (Å²) in [5.41, 5.74) is 1.41. The quantitative estimate of drug-likeness (QED) is 0.704. The minimum atomic E-state index is -1.06. The van der Waals surface area contributed by atoms with Crippen LogP contribution < -0.4 is 10.6 Å². The van der Waals surface area contributed by atoms with E-state index in [1.807, 2.05) is 12.1 Å². The van der Waals surface area contributed by atoms with Crippen LogP contribution in [0.25, 0.3) is 0 Å². The van der Waals surface area contributed by atoms with Gasteiger partial charge in [0.25, 0.3) is 5.91 Å². The zero-order chi connectivity index (χ0) is 14.3. The van der Waals surface area contributed by atoms with E-state index in [0.29, 0.717) is 11.6 Å². The average molecular weight is 264 g/mol. The number of hydrogen-bond acceptors (Lipinski definition) is 3. The van der Waals surface area contributed by atoms with Crippen LogP contribution in [0.4, 0.5) is 5.69 Å². The van der Waals surface area contributed by atoms with Gasteiger partial charge in [-0.1, -0.05) is 13.3 Å². The van der Waals surface area contributed by atoms with Crippen molar-refractivity contribution < 1.29 is 14.7 Å². The van der Waals surface area contributed by atoms with Crippen LogP contribution in [0.3, 0.4) is 0 Å². The third kappa shape index (κ3) is 5.42. The van der Waals surface area contributed by atoms with Gasteiger partial charge in [0.1, 0.15) is 6.54 Å². The summed E-state index contributed by atoms with van der Waals surface area (Å²) in [5, 5.41) is 14.1. The fraction of sp³-hybridized carbons (Fsp3) is 0.429. The molecule has 0 aliphatic rings. The van der Waals surface area contributed by atoms with Crippen LogP contribution in [0.15, 0.2) is 24.3 Å². The van der Waals surface area contributed by atoms with Crippen molar-refractivity contribution in [3.05, 3.63) is 29.8 Å². The molecular weight excluding hydrogens is 244 g/mol. The lowest BCUT2D eigenvalue weighted by atomic mass is 10.1. The number of carbonyl (C=O) groups is 2. The standard InChI is InChI=1S/C14H20N2O3/c1-3-4-10(2)16-12-7-5-11(6-8-12)14(19)15-9-13(17)18/h5-8,10,16H,3-4,9H2,1-2H3,(H,15,19)(H,17,18). The summed E-state index contributed by atoms with van der Waals surface area (Å²) in [7, 11) is 0. The fourth-order valence-electron chi connectivity index (χ4n) is 1.77. The molecule has 0 aromatic heterocycles. The highest BCUT2D eigenvalue weighted by molar-refractivity contribution is 5.96. The van der Waals surface area contributed by atoms with Crippen LogP contribution in [-0.4, -0.2) is 29.6 Å². The average Bonchev–Trinajstić information content (AvgIpc) is 2.37. The minimum Gasteiger partial charge on any atom is -0.480 e. The molecular formula is C14H20N2O3. The van der Waals surface area contributed by atoms with Gasteiger partial charge >= 0.3 is 5.97 Å². The molecule has 0 aliphatic heterocycles. The number of carboxylic acid groups (broad SMARTS) is 1. The molecule has 1 unspecified atom stereocenters. The summed E-state index contributed by atoms with van der Waals surface area (Å²) in [5.74, 6) is -1.43. The van der Waals surface area contributed by atoms with Gasteiger partial charge in [0.15, 0.2) is 0 Å². The number of nitrogens with one attached hydrogen (secondary N) is 2. The summed E-state index contributed by atoms with van der Waals surface area (Å²) in [6, 6.07) is 7.39. The number of amides is 1. The predicted octanol–water partition coefficient (Wildman–Crippen LogP) is 2.10. The molecule has 0 saturated heterocycles. The van der Waals surface area contributed by atoms with E-state index in [-0.39, 0.29) is 12.5 Å². The molecule has 5 heteroatoms. The van der Waals surface area contributed by atoms with Gasteiger partial charge in [0, 0.05) is 17.3 Å². The first-order valence-corrected chi connectivity index (χ1v) is 6.39. The maximum absolute atomic E-state index is 11.6. The molecule has 0 fully saturated rings. The normalized spacial score (nSPS) is 11.7. The summed E-state index contributed by atoms with van der Waals surface area (Å²) in [6.07, 6.45) is 2.20. The molecule has 0 heterocycles. The van der Waals surface area contributed by atoms with Gasteiger partial charge in [-0.2, -0.15) is 0 Å². The van der Waals surface area contributed by atoms with Crippen LogP contribution >= 0.6 is 0 Å². The van der Waals surface area contributed by atoms with Crippen molar-refractivity contribution in [2.75, 3.05) is 11.9 Å². The molecule has 0 aliphatic carbocycles. The van der Waals surface area contributed by atoms with Crippen molar-refractivity contribution in [2.45, 2.75) is 32.7 Å². The molecule has 0 spiro atoms. The van der Waals surface area contributed by atoms with Gasteiger partial charge in [-0.15, -0.1) is 0 Å². The van der Waals surface area contributed by atoms with Crippen molar-refractivity contribution in [1.29, 1.82) is 0 Å². The zero-order valence-electron chi connectivity index (χ0n) is 11.3. The number of hydrogen-bond donors (Lipinski definition) is 3. The summed E-state index contributed by atoms with van der Waals surface area (Å²) < 4.78 is 0. The van der Waals surface area contributed by atoms with E-state index in [9.17, 15) is 9.59 Å². The van der Waals surface area contributed by atoms with Crippen molar-refractivity contribution in [1.82, 2.24) is 5.32 Å². The molecule has 0 radical (unpaired) electrons. The molecule has 1 rings (SSSR count). The Morgan fingerprint density at radius 1 is 1.26 bits per heavy atom. The maximum atomic E-state index is 11.6. The highest BCUT2D eigenvalue weighted by Crippen LogP contribution is 2.12. The zero-order valence-corrected chi connectivity index (χ0v) is 11.3. The van der Waals surface area contributed by atoms with E-state index in [0.717, 1.165) is 18.5 Å². The Balaban J connectivity index is 2.55. The molecule has 1 amide bonds. The molecule has 0 bridgehead atoms. The van der Waals surface area contributed by atoms with E-state index in [2.05, 4.69) is 24.5 Å². The Hall–Kier alpha value is -2.04. The SMILES string of the molecule is CCCC(C)Nc1ccc(C(=O)NCC(=O)O)cc1. The topological polar surface area (TPSA) is 78.4 Å². The summed E-state index contributed by atoms with van der Waals surface area (Å²) in [6.45, 7) is 3.87. The number of carboxylic acids is 1. The van der Waals surface area contributed by atoms with Gasteiger partial charge in [0.05, 0.1) is 0 Å². The molecule has 1 aromatic rings. The van der Waals surface area contributed by atoms with E-state index in [1.165, 1.54) is 0 Å². The van der Waals surface area contributed by atoms with Crippen LogP contribution in [0.2, 0.25) is 0 Å². The second kappa shape index (κ2) is 7.41. The smallest absolute Gasteiger partial charge is 0.322 e.